The molecule has 0 atom stereocenters. The van der Waals surface area contributed by atoms with Gasteiger partial charge in [0.1, 0.15) is 0 Å². The second-order valence-corrected chi connectivity index (χ2v) is 8.25. The molecule has 0 N–H and O–H groups in total. The van der Waals surface area contributed by atoms with Crippen molar-refractivity contribution < 1.29 is 0 Å². The third-order valence-electron chi connectivity index (χ3n) is 4.13. The second-order valence-electron chi connectivity index (χ2n) is 6.16. The molecular weight excluding hydrogens is 312 g/mol. The van der Waals surface area contributed by atoms with Crippen LogP contribution in [-0.2, 0) is 19.6 Å². The van der Waals surface area contributed by atoms with Crippen LogP contribution in [0.25, 0.3) is 0 Å². The fourth-order valence-electron chi connectivity index (χ4n) is 2.89. The molecule has 1 saturated heterocycles. The number of aromatic nitrogens is 2. The molecule has 0 spiro atoms. The first-order chi connectivity index (χ1) is 10.7. The van der Waals surface area contributed by atoms with Gasteiger partial charge in [-0.05, 0) is 63.6 Å². The van der Waals surface area contributed by atoms with Crippen LogP contribution < -0.4 is 0 Å². The molecule has 0 radical (unpaired) electrons. The van der Waals surface area contributed by atoms with E-state index < -0.39 is 0 Å². The minimum absolute atomic E-state index is 0.933. The molecule has 1 aliphatic rings. The second kappa shape index (κ2) is 7.64. The molecule has 6 heteroatoms. The summed E-state index contributed by atoms with van der Waals surface area (Å²) in [6.07, 6.45) is 4.13. The first kappa shape index (κ1) is 16.1. The quantitative estimate of drug-likeness (QED) is 0.808. The minimum atomic E-state index is 0.933. The van der Waals surface area contributed by atoms with Crippen LogP contribution in [0.2, 0.25) is 0 Å². The molecule has 0 aliphatic carbocycles. The number of hydrogen-bond acceptors (Lipinski definition) is 6. The Morgan fingerprint density at radius 2 is 1.91 bits per heavy atom. The Labute approximate surface area is 140 Å². The van der Waals surface area contributed by atoms with Crippen molar-refractivity contribution >= 4 is 22.9 Å². The third kappa shape index (κ3) is 4.35. The molecule has 120 valence electrons. The molecule has 22 heavy (non-hydrogen) atoms. The third-order valence-corrected chi connectivity index (χ3v) is 5.99. The molecule has 0 aromatic carbocycles. The SMILES string of the molecule is Cc1nnsc1CN(C)Cc1ccc(CN2CCCCC2)s1. The first-order valence-corrected chi connectivity index (χ1v) is 9.56. The van der Waals surface area contributed by atoms with E-state index >= 15 is 0 Å². The Bertz CT molecular complexity index is 586. The van der Waals surface area contributed by atoms with Crippen molar-refractivity contribution in [1.82, 2.24) is 19.4 Å². The normalized spacial score (nSPS) is 16.5. The number of nitrogens with zero attached hydrogens (tertiary/aromatic N) is 4. The lowest BCUT2D eigenvalue weighted by Crippen LogP contribution is -2.28. The predicted octanol–water partition coefficient (Wildman–Crippen LogP) is 3.53. The molecule has 3 heterocycles. The summed E-state index contributed by atoms with van der Waals surface area (Å²) in [4.78, 5) is 9.16. The average Bonchev–Trinajstić information content (AvgIpc) is 3.10. The summed E-state index contributed by atoms with van der Waals surface area (Å²) < 4.78 is 4.01. The minimum Gasteiger partial charge on any atom is -0.298 e. The van der Waals surface area contributed by atoms with Gasteiger partial charge in [-0.25, -0.2) is 0 Å². The molecule has 0 unspecified atom stereocenters. The van der Waals surface area contributed by atoms with Crippen LogP contribution in [0.3, 0.4) is 0 Å². The summed E-state index contributed by atoms with van der Waals surface area (Å²) in [5.41, 5.74) is 1.06. The number of hydrogen-bond donors (Lipinski definition) is 0. The van der Waals surface area contributed by atoms with Crippen LogP contribution in [0.4, 0.5) is 0 Å². The number of likely N-dealkylation sites (tertiary alicyclic amines) is 1. The first-order valence-electron chi connectivity index (χ1n) is 7.97. The van der Waals surface area contributed by atoms with E-state index in [1.54, 1.807) is 0 Å². The Morgan fingerprint density at radius 3 is 2.64 bits per heavy atom. The van der Waals surface area contributed by atoms with Crippen molar-refractivity contribution in [2.24, 2.45) is 0 Å². The van der Waals surface area contributed by atoms with E-state index in [1.165, 1.54) is 58.5 Å². The Balaban J connectivity index is 1.51. The smallest absolute Gasteiger partial charge is 0.0769 e. The highest BCUT2D eigenvalue weighted by molar-refractivity contribution is 7.11. The van der Waals surface area contributed by atoms with Crippen molar-refractivity contribution in [3.05, 3.63) is 32.5 Å². The lowest BCUT2D eigenvalue weighted by atomic mass is 10.1. The van der Waals surface area contributed by atoms with E-state index in [0.29, 0.717) is 0 Å². The summed E-state index contributed by atoms with van der Waals surface area (Å²) in [7, 11) is 2.17. The van der Waals surface area contributed by atoms with Crippen molar-refractivity contribution in [3.63, 3.8) is 0 Å². The van der Waals surface area contributed by atoms with E-state index in [9.17, 15) is 0 Å². The molecule has 4 nitrogen and oxygen atoms in total. The van der Waals surface area contributed by atoms with E-state index in [2.05, 4.69) is 38.6 Å². The van der Waals surface area contributed by atoms with Crippen molar-refractivity contribution in [2.45, 2.75) is 45.8 Å². The summed E-state index contributed by atoms with van der Waals surface area (Å²) in [5, 5.41) is 4.08. The number of piperidine rings is 1. The van der Waals surface area contributed by atoms with Crippen LogP contribution in [0.5, 0.6) is 0 Å². The predicted molar refractivity (Wildman–Crippen MR) is 93.3 cm³/mol. The fraction of sp³-hybridized carbons (Fsp3) is 0.625. The molecule has 1 aliphatic heterocycles. The highest BCUT2D eigenvalue weighted by Crippen LogP contribution is 2.22. The lowest BCUT2D eigenvalue weighted by molar-refractivity contribution is 0.222. The van der Waals surface area contributed by atoms with Crippen LogP contribution in [-0.4, -0.2) is 39.5 Å². The van der Waals surface area contributed by atoms with Crippen LogP contribution in [0, 0.1) is 6.92 Å². The van der Waals surface area contributed by atoms with Gasteiger partial charge in [0.15, 0.2) is 0 Å². The highest BCUT2D eigenvalue weighted by atomic mass is 32.1. The van der Waals surface area contributed by atoms with Gasteiger partial charge in [0.05, 0.1) is 10.6 Å². The van der Waals surface area contributed by atoms with Gasteiger partial charge in [0.2, 0.25) is 0 Å². The molecule has 2 aromatic heterocycles. The monoisotopic (exact) mass is 336 g/mol. The van der Waals surface area contributed by atoms with Gasteiger partial charge in [0, 0.05) is 29.4 Å². The standard InChI is InChI=1S/C16H24N4S2/c1-13-16(22-18-17-13)12-19(2)10-14-6-7-15(21-14)11-20-8-4-3-5-9-20/h6-7H,3-5,8-12H2,1-2H3. The topological polar surface area (TPSA) is 32.3 Å². The summed E-state index contributed by atoms with van der Waals surface area (Å²) in [6, 6.07) is 4.60. The van der Waals surface area contributed by atoms with E-state index in [4.69, 9.17) is 0 Å². The van der Waals surface area contributed by atoms with Gasteiger partial charge >= 0.3 is 0 Å². The maximum atomic E-state index is 4.08. The number of thiophene rings is 1. The summed E-state index contributed by atoms with van der Waals surface area (Å²) in [5.74, 6) is 0. The van der Waals surface area contributed by atoms with Gasteiger partial charge in [0.25, 0.3) is 0 Å². The molecule has 3 rings (SSSR count). The van der Waals surface area contributed by atoms with E-state index in [0.717, 1.165) is 25.3 Å². The number of rotatable bonds is 6. The highest BCUT2D eigenvalue weighted by Gasteiger charge is 2.13. The maximum Gasteiger partial charge on any atom is 0.0769 e. The van der Waals surface area contributed by atoms with Gasteiger partial charge < -0.3 is 0 Å². The summed E-state index contributed by atoms with van der Waals surface area (Å²) >= 11 is 3.47. The zero-order chi connectivity index (χ0) is 15.4. The Morgan fingerprint density at radius 1 is 1.14 bits per heavy atom. The van der Waals surface area contributed by atoms with Crippen molar-refractivity contribution in [2.75, 3.05) is 20.1 Å². The zero-order valence-corrected chi connectivity index (χ0v) is 15.0. The average molecular weight is 337 g/mol. The van der Waals surface area contributed by atoms with Crippen LogP contribution in [0.1, 0.15) is 39.6 Å². The zero-order valence-electron chi connectivity index (χ0n) is 13.4. The van der Waals surface area contributed by atoms with Crippen LogP contribution >= 0.6 is 22.9 Å². The maximum absolute atomic E-state index is 4.08. The molecule has 2 aromatic rings. The Hall–Kier alpha value is -0.820. The van der Waals surface area contributed by atoms with Gasteiger partial charge in [-0.15, -0.1) is 16.4 Å². The summed E-state index contributed by atoms with van der Waals surface area (Å²) in [6.45, 7) is 7.64. The van der Waals surface area contributed by atoms with Crippen molar-refractivity contribution in [1.29, 1.82) is 0 Å². The Kier molecular flexibility index (Phi) is 5.57. The van der Waals surface area contributed by atoms with Gasteiger partial charge in [-0.3, -0.25) is 9.80 Å². The fourth-order valence-corrected chi connectivity index (χ4v) is 4.75. The largest absolute Gasteiger partial charge is 0.298 e. The van der Waals surface area contributed by atoms with E-state index in [-0.39, 0.29) is 0 Å². The molecular formula is C16H24N4S2. The van der Waals surface area contributed by atoms with Crippen LogP contribution in [0.15, 0.2) is 12.1 Å². The molecule has 0 bridgehead atoms. The molecule has 1 fully saturated rings. The van der Waals surface area contributed by atoms with Crippen molar-refractivity contribution in [3.8, 4) is 0 Å². The van der Waals surface area contributed by atoms with Gasteiger partial charge in [-0.1, -0.05) is 10.9 Å². The number of aryl methyl sites for hydroxylation is 1. The molecule has 0 amide bonds. The van der Waals surface area contributed by atoms with Gasteiger partial charge in [-0.2, -0.15) is 0 Å². The van der Waals surface area contributed by atoms with E-state index in [1.807, 2.05) is 18.3 Å². The lowest BCUT2D eigenvalue weighted by Gasteiger charge is -2.25. The molecule has 0 saturated carbocycles.